The zero-order valence-electron chi connectivity index (χ0n) is 18.3. The smallest absolute Gasteiger partial charge is 0.410 e. The Balaban J connectivity index is 2.09. The van der Waals surface area contributed by atoms with Crippen LogP contribution in [0.1, 0.15) is 26.3 Å². The highest BCUT2D eigenvalue weighted by Gasteiger charge is 2.39. The van der Waals surface area contributed by atoms with Gasteiger partial charge in [0, 0.05) is 13.1 Å². The number of carbonyl (C=O) groups excluding carboxylic acids is 4. The first-order valence-electron chi connectivity index (χ1n) is 9.90. The lowest BCUT2D eigenvalue weighted by Crippen LogP contribution is -2.62. The molecule has 10 heteroatoms. The van der Waals surface area contributed by atoms with Gasteiger partial charge in [-0.2, -0.15) is 0 Å². The fourth-order valence-electron chi connectivity index (χ4n) is 2.87. The predicted octanol–water partition coefficient (Wildman–Crippen LogP) is 1.53. The summed E-state index contributed by atoms with van der Waals surface area (Å²) in [5, 5.41) is 2.43. The lowest BCUT2D eigenvalue weighted by molar-refractivity contribution is -0.142. The molecule has 170 valence electrons. The molecular weight excluding hydrogens is 406 g/mol. The van der Waals surface area contributed by atoms with Crippen molar-refractivity contribution in [1.29, 1.82) is 0 Å². The average molecular weight is 435 g/mol. The number of carbonyl (C=O) groups is 4. The Bertz CT molecular complexity index is 792. The lowest BCUT2D eigenvalue weighted by Gasteiger charge is -2.40. The van der Waals surface area contributed by atoms with Gasteiger partial charge in [0.1, 0.15) is 24.8 Å². The normalized spacial score (nSPS) is 16.3. The van der Waals surface area contributed by atoms with Crippen molar-refractivity contribution in [1.82, 2.24) is 15.1 Å². The molecule has 0 saturated carbocycles. The Morgan fingerprint density at radius 1 is 1.06 bits per heavy atom. The van der Waals surface area contributed by atoms with E-state index in [1.165, 1.54) is 16.9 Å². The van der Waals surface area contributed by atoms with Gasteiger partial charge in [0.15, 0.2) is 0 Å². The topological polar surface area (TPSA) is 114 Å². The van der Waals surface area contributed by atoms with E-state index >= 15 is 0 Å². The van der Waals surface area contributed by atoms with Crippen molar-refractivity contribution in [3.05, 3.63) is 35.9 Å². The summed E-state index contributed by atoms with van der Waals surface area (Å²) in [6, 6.07) is 8.08. The van der Waals surface area contributed by atoms with Crippen LogP contribution in [0.4, 0.5) is 9.59 Å². The summed E-state index contributed by atoms with van der Waals surface area (Å²) >= 11 is 0. The second-order valence-electron chi connectivity index (χ2n) is 7.97. The maximum atomic E-state index is 12.7. The Morgan fingerprint density at radius 2 is 1.74 bits per heavy atom. The Labute approximate surface area is 181 Å². The summed E-state index contributed by atoms with van der Waals surface area (Å²) < 4.78 is 15.2. The molecule has 1 unspecified atom stereocenters. The van der Waals surface area contributed by atoms with Crippen molar-refractivity contribution in [3.8, 4) is 0 Å². The Hall–Kier alpha value is -3.30. The van der Waals surface area contributed by atoms with E-state index in [4.69, 9.17) is 9.47 Å². The van der Waals surface area contributed by atoms with Gasteiger partial charge in [0.25, 0.3) is 0 Å². The zero-order chi connectivity index (χ0) is 23.0. The number of rotatable bonds is 5. The molecule has 1 N–H and O–H groups in total. The van der Waals surface area contributed by atoms with Gasteiger partial charge in [-0.15, -0.1) is 0 Å². The standard InChI is InChI=1S/C21H29N3O7/c1-21(2,3)31-19(27)23-10-11-24(16(13-23)18(26)22-12-17(25)29-4)20(28)30-14-15-8-6-5-7-9-15/h5-9,16H,10-14H2,1-4H3,(H,22,26). The minimum absolute atomic E-state index is 0.0441. The Kier molecular flexibility index (Phi) is 8.23. The molecule has 0 radical (unpaired) electrons. The highest BCUT2D eigenvalue weighted by molar-refractivity contribution is 5.89. The predicted molar refractivity (Wildman–Crippen MR) is 110 cm³/mol. The van der Waals surface area contributed by atoms with Crippen molar-refractivity contribution in [2.75, 3.05) is 33.3 Å². The molecule has 0 spiro atoms. The summed E-state index contributed by atoms with van der Waals surface area (Å²) in [6.45, 7) is 5.06. The minimum atomic E-state index is -1.05. The third-order valence-corrected chi connectivity index (χ3v) is 4.41. The number of ether oxygens (including phenoxy) is 3. The van der Waals surface area contributed by atoms with Gasteiger partial charge in [-0.1, -0.05) is 30.3 Å². The number of amides is 3. The highest BCUT2D eigenvalue weighted by atomic mass is 16.6. The van der Waals surface area contributed by atoms with Crippen LogP contribution in [0.5, 0.6) is 0 Å². The molecule has 1 aromatic carbocycles. The van der Waals surface area contributed by atoms with Gasteiger partial charge >= 0.3 is 18.2 Å². The lowest BCUT2D eigenvalue weighted by atomic mass is 10.1. The summed E-state index contributed by atoms with van der Waals surface area (Å²) in [5.74, 6) is -1.23. The van der Waals surface area contributed by atoms with Gasteiger partial charge in [-0.3, -0.25) is 14.5 Å². The van der Waals surface area contributed by atoms with Crippen LogP contribution in [0.2, 0.25) is 0 Å². The van der Waals surface area contributed by atoms with Gasteiger partial charge < -0.3 is 24.4 Å². The zero-order valence-corrected chi connectivity index (χ0v) is 18.3. The maximum absolute atomic E-state index is 12.7. The molecule has 31 heavy (non-hydrogen) atoms. The first kappa shape index (κ1) is 24.0. The second kappa shape index (κ2) is 10.6. The fraction of sp³-hybridized carbons (Fsp3) is 0.524. The molecule has 0 aliphatic carbocycles. The van der Waals surface area contributed by atoms with Crippen LogP contribution < -0.4 is 5.32 Å². The van der Waals surface area contributed by atoms with E-state index < -0.39 is 35.7 Å². The number of nitrogens with one attached hydrogen (secondary N) is 1. The number of esters is 1. The molecule has 1 heterocycles. The van der Waals surface area contributed by atoms with Crippen LogP contribution in [-0.4, -0.2) is 78.8 Å². The molecule has 1 aromatic rings. The first-order valence-corrected chi connectivity index (χ1v) is 9.90. The van der Waals surface area contributed by atoms with Crippen molar-refractivity contribution in [3.63, 3.8) is 0 Å². The van der Waals surface area contributed by atoms with Crippen molar-refractivity contribution < 1.29 is 33.4 Å². The van der Waals surface area contributed by atoms with Crippen LogP contribution >= 0.6 is 0 Å². The van der Waals surface area contributed by atoms with Crippen LogP contribution in [-0.2, 0) is 30.4 Å². The quantitative estimate of drug-likeness (QED) is 0.551. The molecular formula is C21H29N3O7. The van der Waals surface area contributed by atoms with Crippen LogP contribution in [0.3, 0.4) is 0 Å². The van der Waals surface area contributed by atoms with Crippen LogP contribution in [0.25, 0.3) is 0 Å². The molecule has 0 bridgehead atoms. The molecule has 1 fully saturated rings. The third-order valence-electron chi connectivity index (χ3n) is 4.41. The summed E-state index contributed by atoms with van der Waals surface area (Å²) in [4.78, 5) is 51.8. The third kappa shape index (κ3) is 7.47. The number of piperazine rings is 1. The highest BCUT2D eigenvalue weighted by Crippen LogP contribution is 2.17. The number of hydrogen-bond acceptors (Lipinski definition) is 7. The van der Waals surface area contributed by atoms with Crippen LogP contribution in [0, 0.1) is 0 Å². The van der Waals surface area contributed by atoms with E-state index in [-0.39, 0.29) is 32.8 Å². The molecule has 1 aliphatic rings. The maximum Gasteiger partial charge on any atom is 0.410 e. The Morgan fingerprint density at radius 3 is 2.35 bits per heavy atom. The molecule has 1 atom stereocenters. The van der Waals surface area contributed by atoms with E-state index in [2.05, 4.69) is 10.1 Å². The second-order valence-corrected chi connectivity index (χ2v) is 7.97. The largest absolute Gasteiger partial charge is 0.468 e. The van der Waals surface area contributed by atoms with Gasteiger partial charge in [0.2, 0.25) is 5.91 Å². The van der Waals surface area contributed by atoms with Crippen molar-refractivity contribution >= 4 is 24.1 Å². The minimum Gasteiger partial charge on any atom is -0.468 e. The average Bonchev–Trinajstić information content (AvgIpc) is 2.74. The monoisotopic (exact) mass is 435 g/mol. The number of hydrogen-bond donors (Lipinski definition) is 1. The van der Waals surface area contributed by atoms with E-state index in [0.717, 1.165) is 5.56 Å². The summed E-state index contributed by atoms with van der Waals surface area (Å²) in [7, 11) is 1.20. The molecule has 10 nitrogen and oxygen atoms in total. The van der Waals surface area contributed by atoms with Gasteiger partial charge in [0.05, 0.1) is 13.7 Å². The molecule has 0 aromatic heterocycles. The van der Waals surface area contributed by atoms with E-state index in [1.54, 1.807) is 20.8 Å². The SMILES string of the molecule is COC(=O)CNC(=O)C1CN(C(=O)OC(C)(C)C)CCN1C(=O)OCc1ccccc1. The molecule has 1 aliphatic heterocycles. The van der Waals surface area contributed by atoms with Gasteiger partial charge in [-0.05, 0) is 26.3 Å². The van der Waals surface area contributed by atoms with E-state index in [0.29, 0.717) is 0 Å². The van der Waals surface area contributed by atoms with Crippen LogP contribution in [0.15, 0.2) is 30.3 Å². The molecule has 3 amide bonds. The molecule has 2 rings (SSSR count). The summed E-state index contributed by atoms with van der Waals surface area (Å²) in [6.07, 6.45) is -1.28. The van der Waals surface area contributed by atoms with Gasteiger partial charge in [-0.25, -0.2) is 9.59 Å². The van der Waals surface area contributed by atoms with Crippen molar-refractivity contribution in [2.45, 2.75) is 39.0 Å². The number of nitrogens with zero attached hydrogens (tertiary/aromatic N) is 2. The molecule has 1 saturated heterocycles. The number of methoxy groups -OCH3 is 1. The van der Waals surface area contributed by atoms with E-state index in [9.17, 15) is 19.2 Å². The summed E-state index contributed by atoms with van der Waals surface area (Å²) in [5.41, 5.74) is 0.0980. The number of benzene rings is 1. The fourth-order valence-corrected chi connectivity index (χ4v) is 2.87. The first-order chi connectivity index (χ1) is 14.6. The van der Waals surface area contributed by atoms with E-state index in [1.807, 2.05) is 30.3 Å². The van der Waals surface area contributed by atoms with Crippen molar-refractivity contribution in [2.24, 2.45) is 0 Å².